The summed E-state index contributed by atoms with van der Waals surface area (Å²) >= 11 is 5.81. The van der Waals surface area contributed by atoms with Crippen LogP contribution in [0.25, 0.3) is 10.9 Å². The number of halogens is 2. The molecule has 96 valence electrons. The molecule has 1 aliphatic heterocycles. The van der Waals surface area contributed by atoms with Gasteiger partial charge >= 0.3 is 0 Å². The molecule has 0 radical (unpaired) electrons. The van der Waals surface area contributed by atoms with Gasteiger partial charge in [-0.1, -0.05) is 11.6 Å². The summed E-state index contributed by atoms with van der Waals surface area (Å²) in [6.45, 7) is 2.73. The Morgan fingerprint density at radius 2 is 2.11 bits per heavy atom. The second-order valence-electron chi connectivity index (χ2n) is 4.25. The van der Waals surface area contributed by atoms with Crippen molar-refractivity contribution in [3.63, 3.8) is 0 Å². The second kappa shape index (κ2) is 4.57. The van der Waals surface area contributed by atoms with Crippen molar-refractivity contribution in [1.82, 2.24) is 10.3 Å². The van der Waals surface area contributed by atoms with Crippen molar-refractivity contribution >= 4 is 39.5 Å². The van der Waals surface area contributed by atoms with Gasteiger partial charge in [-0.25, -0.2) is 0 Å². The number of hydrogen-bond acceptors (Lipinski definition) is 4. The molecule has 4 nitrogen and oxygen atoms in total. The molecule has 1 atom stereocenters. The second-order valence-corrected chi connectivity index (χ2v) is 4.66. The number of benzene rings is 1. The van der Waals surface area contributed by atoms with Crippen LogP contribution < -0.4 is 5.32 Å². The Labute approximate surface area is 119 Å². The van der Waals surface area contributed by atoms with Gasteiger partial charge in [0.05, 0.1) is 15.9 Å². The van der Waals surface area contributed by atoms with E-state index in [0.29, 0.717) is 10.9 Å². The lowest BCUT2D eigenvalue weighted by atomic mass is 10.0. The van der Waals surface area contributed by atoms with Crippen molar-refractivity contribution in [3.05, 3.63) is 28.4 Å². The molecule has 1 aliphatic rings. The lowest BCUT2D eigenvalue weighted by Gasteiger charge is -2.11. The van der Waals surface area contributed by atoms with Gasteiger partial charge in [0, 0.05) is 18.8 Å². The molecule has 0 unspecified atom stereocenters. The van der Waals surface area contributed by atoms with E-state index in [1.165, 1.54) is 0 Å². The van der Waals surface area contributed by atoms with Gasteiger partial charge in [0.1, 0.15) is 0 Å². The van der Waals surface area contributed by atoms with Crippen molar-refractivity contribution < 1.29 is 10.2 Å². The predicted octanol–water partition coefficient (Wildman–Crippen LogP) is 3.04. The van der Waals surface area contributed by atoms with E-state index in [-0.39, 0.29) is 39.5 Å². The number of aromatic hydroxyl groups is 2. The van der Waals surface area contributed by atoms with Crippen molar-refractivity contribution in [2.24, 2.45) is 0 Å². The first-order valence-corrected chi connectivity index (χ1v) is 5.72. The molecule has 1 aromatic heterocycles. The molecule has 18 heavy (non-hydrogen) atoms. The van der Waals surface area contributed by atoms with Gasteiger partial charge in [-0.3, -0.25) is 4.98 Å². The van der Waals surface area contributed by atoms with Crippen LogP contribution >= 0.6 is 28.6 Å². The zero-order chi connectivity index (χ0) is 12.2. The van der Waals surface area contributed by atoms with Gasteiger partial charge in [-0.15, -0.1) is 17.0 Å². The van der Waals surface area contributed by atoms with E-state index in [0.717, 1.165) is 17.7 Å². The largest absolute Gasteiger partial charge is 0.504 e. The summed E-state index contributed by atoms with van der Waals surface area (Å²) in [5.74, 6) is -0.471. The number of aromatic nitrogens is 1. The number of hydrogen-bond donors (Lipinski definition) is 3. The first kappa shape index (κ1) is 13.4. The molecule has 0 amide bonds. The minimum absolute atomic E-state index is 0. The number of nitrogens with one attached hydrogen (secondary N) is 1. The number of nitrogens with zero attached hydrogens (tertiary/aromatic N) is 1. The molecule has 0 aliphatic carbocycles. The number of rotatable bonds is 0. The lowest BCUT2D eigenvalue weighted by molar-refractivity contribution is 0.408. The summed E-state index contributed by atoms with van der Waals surface area (Å²) in [6, 6.07) is 1.69. The van der Waals surface area contributed by atoms with Gasteiger partial charge in [0.25, 0.3) is 0 Å². The molecule has 0 fully saturated rings. The highest BCUT2D eigenvalue weighted by Crippen LogP contribution is 2.43. The van der Waals surface area contributed by atoms with Crippen LogP contribution in [0.2, 0.25) is 5.02 Å². The van der Waals surface area contributed by atoms with Crippen LogP contribution in [0.4, 0.5) is 0 Å². The van der Waals surface area contributed by atoms with Gasteiger partial charge in [0.2, 0.25) is 0 Å². The quantitative estimate of drug-likeness (QED) is 0.649. The summed E-state index contributed by atoms with van der Waals surface area (Å²) < 4.78 is 0. The van der Waals surface area contributed by atoms with E-state index < -0.39 is 0 Å². The van der Waals surface area contributed by atoms with E-state index in [9.17, 15) is 10.2 Å². The SMILES string of the molecule is Br.C[C@@H]1NCc2cnc3cc(Cl)c(O)c(O)c3c21. The lowest BCUT2D eigenvalue weighted by Crippen LogP contribution is -2.07. The summed E-state index contributed by atoms with van der Waals surface area (Å²) in [6.07, 6.45) is 1.78. The molecule has 0 saturated carbocycles. The zero-order valence-electron chi connectivity index (χ0n) is 9.57. The maximum absolute atomic E-state index is 10.0. The minimum Gasteiger partial charge on any atom is -0.504 e. The molecular weight excluding hydrogens is 320 g/mol. The molecule has 1 aromatic carbocycles. The Morgan fingerprint density at radius 1 is 1.39 bits per heavy atom. The molecule has 0 spiro atoms. The fourth-order valence-corrected chi connectivity index (χ4v) is 2.55. The average Bonchev–Trinajstić information content (AvgIpc) is 2.68. The van der Waals surface area contributed by atoms with E-state index in [4.69, 9.17) is 11.6 Å². The van der Waals surface area contributed by atoms with Crippen LogP contribution in [0.5, 0.6) is 11.5 Å². The monoisotopic (exact) mass is 330 g/mol. The normalized spacial score (nSPS) is 17.6. The summed E-state index contributed by atoms with van der Waals surface area (Å²) in [5, 5.41) is 23.7. The summed E-state index contributed by atoms with van der Waals surface area (Å²) in [5.41, 5.74) is 2.63. The van der Waals surface area contributed by atoms with Gasteiger partial charge in [-0.2, -0.15) is 0 Å². The molecule has 3 N–H and O–H groups in total. The van der Waals surface area contributed by atoms with E-state index in [1.54, 1.807) is 12.3 Å². The zero-order valence-corrected chi connectivity index (χ0v) is 12.0. The number of phenols is 2. The topological polar surface area (TPSA) is 65.4 Å². The fraction of sp³-hybridized carbons (Fsp3) is 0.250. The smallest absolute Gasteiger partial charge is 0.177 e. The van der Waals surface area contributed by atoms with Gasteiger partial charge in [-0.05, 0) is 24.1 Å². The highest BCUT2D eigenvalue weighted by molar-refractivity contribution is 8.93. The minimum atomic E-state index is -0.284. The molecule has 2 heterocycles. The van der Waals surface area contributed by atoms with Crippen molar-refractivity contribution in [1.29, 1.82) is 0 Å². The average molecular weight is 332 g/mol. The number of phenolic OH excluding ortho intramolecular Hbond substituents is 2. The molecule has 2 aromatic rings. The van der Waals surface area contributed by atoms with Crippen molar-refractivity contribution in [2.45, 2.75) is 19.5 Å². The Balaban J connectivity index is 0.00000120. The van der Waals surface area contributed by atoms with Gasteiger partial charge in [0.15, 0.2) is 11.5 Å². The maximum atomic E-state index is 10.0. The van der Waals surface area contributed by atoms with E-state index in [2.05, 4.69) is 10.3 Å². The summed E-state index contributed by atoms with van der Waals surface area (Å²) in [4.78, 5) is 4.25. The van der Waals surface area contributed by atoms with Crippen LogP contribution in [-0.2, 0) is 6.54 Å². The van der Waals surface area contributed by atoms with Crippen LogP contribution in [0.15, 0.2) is 12.3 Å². The highest BCUT2D eigenvalue weighted by Gasteiger charge is 2.24. The van der Waals surface area contributed by atoms with Crippen LogP contribution in [0, 0.1) is 0 Å². The van der Waals surface area contributed by atoms with Crippen molar-refractivity contribution in [2.75, 3.05) is 0 Å². The Hall–Kier alpha value is -1.04. The molecule has 0 saturated heterocycles. The maximum Gasteiger partial charge on any atom is 0.177 e. The molecule has 0 bridgehead atoms. The molecular formula is C12H12BrClN2O2. The Morgan fingerprint density at radius 3 is 2.83 bits per heavy atom. The first-order valence-electron chi connectivity index (χ1n) is 5.35. The first-order chi connectivity index (χ1) is 8.09. The Bertz CT molecular complexity index is 633. The van der Waals surface area contributed by atoms with Gasteiger partial charge < -0.3 is 15.5 Å². The number of pyridine rings is 1. The number of fused-ring (bicyclic) bond motifs is 3. The third-order valence-corrected chi connectivity index (χ3v) is 3.50. The fourth-order valence-electron chi connectivity index (χ4n) is 2.36. The highest BCUT2D eigenvalue weighted by atomic mass is 79.9. The van der Waals surface area contributed by atoms with Crippen molar-refractivity contribution in [3.8, 4) is 11.5 Å². The van der Waals surface area contributed by atoms with E-state index in [1.807, 2.05) is 6.92 Å². The third-order valence-electron chi connectivity index (χ3n) is 3.21. The Kier molecular flexibility index (Phi) is 3.40. The van der Waals surface area contributed by atoms with E-state index >= 15 is 0 Å². The molecule has 3 rings (SSSR count). The standard InChI is InChI=1S/C12H11ClN2O2.BrH/c1-5-9-6(3-14-5)4-15-8-2-7(13)11(16)12(17)10(8)9;/h2,4-5,14,16-17H,3H2,1H3;1H/t5-;/m0./s1. The summed E-state index contributed by atoms with van der Waals surface area (Å²) in [7, 11) is 0. The van der Waals surface area contributed by atoms with Crippen LogP contribution in [-0.4, -0.2) is 15.2 Å². The van der Waals surface area contributed by atoms with Crippen LogP contribution in [0.3, 0.4) is 0 Å². The van der Waals surface area contributed by atoms with Crippen LogP contribution in [0.1, 0.15) is 24.1 Å². The third kappa shape index (κ3) is 1.74. The molecule has 6 heteroatoms. The predicted molar refractivity (Wildman–Crippen MR) is 75.7 cm³/mol.